The Kier molecular flexibility index (Phi) is 13.9. The van der Waals surface area contributed by atoms with Gasteiger partial charge >= 0.3 is 11.9 Å². The molecular weight excluding hydrogens is 694 g/mol. The highest BCUT2D eigenvalue weighted by molar-refractivity contribution is 5.89. The number of carbonyl (C=O) groups excluding carboxylic acids is 3. The second-order valence-corrected chi connectivity index (χ2v) is 15.2. The van der Waals surface area contributed by atoms with Crippen LogP contribution in [0.25, 0.3) is 0 Å². The molecule has 284 valence electrons. The first-order chi connectivity index (χ1) is 25.2. The molecular formula is C42H52ClN3O7. The zero-order valence-electron chi connectivity index (χ0n) is 30.5. The predicted octanol–water partition coefficient (Wildman–Crippen LogP) is 6.66. The van der Waals surface area contributed by atoms with Crippen LogP contribution in [-0.2, 0) is 27.5 Å². The van der Waals surface area contributed by atoms with E-state index in [2.05, 4.69) is 21.6 Å². The van der Waals surface area contributed by atoms with Crippen LogP contribution in [0.5, 0.6) is 5.75 Å². The Morgan fingerprint density at radius 1 is 0.792 bits per heavy atom. The van der Waals surface area contributed by atoms with Gasteiger partial charge in [0.05, 0.1) is 24.8 Å². The fourth-order valence-corrected chi connectivity index (χ4v) is 9.22. The SMILES string of the molecule is COC(=O)c1ccc(COc2ccccc2CN2CCC(NC(=O)CNC(=O)CC34CC5CC(CC(C5)C3)C4)CC2)cc1.Cl.O=C(O)c1ccccc1. The van der Waals surface area contributed by atoms with E-state index in [1.54, 1.807) is 42.5 Å². The van der Waals surface area contributed by atoms with Gasteiger partial charge in [-0.15, -0.1) is 12.4 Å². The van der Waals surface area contributed by atoms with Crippen molar-refractivity contribution in [2.45, 2.75) is 77.0 Å². The van der Waals surface area contributed by atoms with Gasteiger partial charge in [0.25, 0.3) is 0 Å². The van der Waals surface area contributed by atoms with Gasteiger partial charge in [-0.1, -0.05) is 48.5 Å². The molecule has 0 spiro atoms. The number of amides is 2. The zero-order valence-corrected chi connectivity index (χ0v) is 31.3. The van der Waals surface area contributed by atoms with Crippen molar-refractivity contribution >= 4 is 36.2 Å². The molecule has 53 heavy (non-hydrogen) atoms. The number of carbonyl (C=O) groups is 4. The Balaban J connectivity index is 0.000000475. The lowest BCUT2D eigenvalue weighted by Crippen LogP contribution is -2.49. The van der Waals surface area contributed by atoms with Crippen molar-refractivity contribution in [1.82, 2.24) is 15.5 Å². The summed E-state index contributed by atoms with van der Waals surface area (Å²) in [6.07, 6.45) is 10.1. The zero-order chi connectivity index (χ0) is 36.5. The maximum atomic E-state index is 12.8. The van der Waals surface area contributed by atoms with E-state index in [1.807, 2.05) is 30.3 Å². The van der Waals surface area contributed by atoms with Gasteiger partial charge in [-0.25, -0.2) is 9.59 Å². The molecule has 4 aliphatic carbocycles. The summed E-state index contributed by atoms with van der Waals surface area (Å²) in [4.78, 5) is 49.8. The van der Waals surface area contributed by atoms with Crippen LogP contribution >= 0.6 is 12.4 Å². The van der Waals surface area contributed by atoms with E-state index in [1.165, 1.54) is 45.6 Å². The van der Waals surface area contributed by atoms with Gasteiger partial charge < -0.3 is 25.2 Å². The number of para-hydroxylation sites is 1. The third-order valence-corrected chi connectivity index (χ3v) is 11.3. The number of halogens is 1. The molecule has 1 heterocycles. The average Bonchev–Trinajstić information content (AvgIpc) is 3.14. The van der Waals surface area contributed by atoms with E-state index in [4.69, 9.17) is 14.6 Å². The molecule has 4 bridgehead atoms. The quantitative estimate of drug-likeness (QED) is 0.175. The van der Waals surface area contributed by atoms with Crippen LogP contribution in [0.1, 0.15) is 89.6 Å². The molecule has 3 N–H and O–H groups in total. The number of piperidine rings is 1. The maximum Gasteiger partial charge on any atom is 0.337 e. The van der Waals surface area contributed by atoms with Crippen LogP contribution in [0.4, 0.5) is 0 Å². The summed E-state index contributed by atoms with van der Waals surface area (Å²) in [6.45, 7) is 3.02. The highest BCUT2D eigenvalue weighted by atomic mass is 35.5. The van der Waals surface area contributed by atoms with Gasteiger partial charge in [-0.2, -0.15) is 0 Å². The monoisotopic (exact) mass is 745 g/mol. The van der Waals surface area contributed by atoms with E-state index in [0.29, 0.717) is 24.2 Å². The number of rotatable bonds is 12. The number of carboxylic acids is 1. The van der Waals surface area contributed by atoms with Gasteiger partial charge in [0, 0.05) is 37.7 Å². The molecule has 0 atom stereocenters. The smallest absolute Gasteiger partial charge is 0.337 e. The second-order valence-electron chi connectivity index (χ2n) is 15.2. The van der Waals surface area contributed by atoms with Crippen LogP contribution in [0, 0.1) is 23.2 Å². The van der Waals surface area contributed by atoms with Crippen molar-refractivity contribution in [3.8, 4) is 5.75 Å². The Labute approximate surface area is 318 Å². The number of likely N-dealkylation sites (tertiary alicyclic amines) is 1. The molecule has 2 amide bonds. The summed E-state index contributed by atoms with van der Waals surface area (Å²) in [5.41, 5.74) is 3.14. The van der Waals surface area contributed by atoms with Gasteiger partial charge in [0.15, 0.2) is 0 Å². The number of nitrogens with zero attached hydrogens (tertiary/aromatic N) is 1. The van der Waals surface area contributed by atoms with Crippen molar-refractivity contribution in [2.75, 3.05) is 26.7 Å². The van der Waals surface area contributed by atoms with E-state index in [0.717, 1.165) is 67.1 Å². The Morgan fingerprint density at radius 3 is 1.98 bits per heavy atom. The Hall–Kier alpha value is -4.41. The van der Waals surface area contributed by atoms with Crippen LogP contribution in [-0.4, -0.2) is 66.5 Å². The minimum Gasteiger partial charge on any atom is -0.489 e. The number of hydrogen-bond acceptors (Lipinski definition) is 7. The minimum absolute atomic E-state index is 0. The number of aromatic carboxylic acids is 1. The molecule has 3 aromatic rings. The van der Waals surface area contributed by atoms with Crippen molar-refractivity contribution in [2.24, 2.45) is 23.2 Å². The van der Waals surface area contributed by atoms with Crippen molar-refractivity contribution in [3.63, 3.8) is 0 Å². The normalized spacial score (nSPS) is 23.1. The van der Waals surface area contributed by atoms with Crippen molar-refractivity contribution in [3.05, 3.63) is 101 Å². The first-order valence-corrected chi connectivity index (χ1v) is 18.6. The standard InChI is InChI=1S/C35H45N3O5.C7H6O2.ClH/c1-42-34(41)28-8-6-24(7-9-28)23-43-31-5-3-2-4-29(31)22-38-12-10-30(11-13-38)37-33(40)21-36-32(39)20-35-17-25-14-26(18-35)16-27(15-25)19-35;8-7(9)6-4-2-1-3-5-6;/h2-9,25-27,30H,10-23H2,1H3,(H,36,39)(H,37,40);1-5H,(H,8,9);1H. The Bertz CT molecular complexity index is 1660. The lowest BCUT2D eigenvalue weighted by molar-refractivity contribution is -0.132. The molecule has 8 rings (SSSR count). The summed E-state index contributed by atoms with van der Waals surface area (Å²) in [5.74, 6) is 2.06. The molecule has 11 heteroatoms. The van der Waals surface area contributed by atoms with Crippen LogP contribution in [0.2, 0.25) is 0 Å². The van der Waals surface area contributed by atoms with Crippen LogP contribution in [0.15, 0.2) is 78.9 Å². The molecule has 10 nitrogen and oxygen atoms in total. The number of esters is 1. The van der Waals surface area contributed by atoms with E-state index in [-0.39, 0.29) is 48.2 Å². The molecule has 0 unspecified atom stereocenters. The molecule has 1 aliphatic heterocycles. The second kappa shape index (κ2) is 18.6. The summed E-state index contributed by atoms with van der Waals surface area (Å²) in [7, 11) is 1.37. The lowest BCUT2D eigenvalue weighted by Gasteiger charge is -2.56. The number of methoxy groups -OCH3 is 1. The molecule has 1 saturated heterocycles. The van der Waals surface area contributed by atoms with E-state index in [9.17, 15) is 19.2 Å². The number of carboxylic acid groups (broad SMARTS) is 1. The lowest BCUT2D eigenvalue weighted by atomic mass is 9.49. The van der Waals surface area contributed by atoms with Crippen molar-refractivity contribution in [1.29, 1.82) is 0 Å². The third-order valence-electron chi connectivity index (χ3n) is 11.3. The van der Waals surface area contributed by atoms with Gasteiger partial charge in [0.2, 0.25) is 11.8 Å². The highest BCUT2D eigenvalue weighted by Gasteiger charge is 2.51. The molecule has 5 aliphatic rings. The number of benzene rings is 3. The summed E-state index contributed by atoms with van der Waals surface area (Å²) in [6, 6.07) is 23.8. The van der Waals surface area contributed by atoms with Gasteiger partial charge in [-0.05, 0) is 110 Å². The molecule has 0 radical (unpaired) electrons. The first kappa shape index (κ1) is 39.8. The van der Waals surface area contributed by atoms with E-state index < -0.39 is 5.97 Å². The number of nitrogens with one attached hydrogen (secondary N) is 2. The fraction of sp³-hybridized carbons (Fsp3) is 0.476. The van der Waals surface area contributed by atoms with Gasteiger partial charge in [0.1, 0.15) is 12.4 Å². The highest BCUT2D eigenvalue weighted by Crippen LogP contribution is 2.61. The predicted molar refractivity (Wildman–Crippen MR) is 204 cm³/mol. The van der Waals surface area contributed by atoms with Crippen LogP contribution < -0.4 is 15.4 Å². The largest absolute Gasteiger partial charge is 0.489 e. The average molecular weight is 746 g/mol. The Morgan fingerprint density at radius 2 is 1.40 bits per heavy atom. The first-order valence-electron chi connectivity index (χ1n) is 18.6. The fourth-order valence-electron chi connectivity index (χ4n) is 9.22. The molecule has 5 fully saturated rings. The van der Waals surface area contributed by atoms with E-state index >= 15 is 0 Å². The molecule has 0 aromatic heterocycles. The maximum absolute atomic E-state index is 12.8. The number of hydrogen-bond donors (Lipinski definition) is 3. The molecule has 3 aromatic carbocycles. The van der Waals surface area contributed by atoms with Crippen molar-refractivity contribution < 1.29 is 33.8 Å². The van der Waals surface area contributed by atoms with Crippen LogP contribution in [0.3, 0.4) is 0 Å². The number of ether oxygens (including phenoxy) is 2. The van der Waals surface area contributed by atoms with Gasteiger partial charge in [-0.3, -0.25) is 14.5 Å². The summed E-state index contributed by atoms with van der Waals surface area (Å²) in [5, 5.41) is 14.5. The summed E-state index contributed by atoms with van der Waals surface area (Å²) >= 11 is 0. The third kappa shape index (κ3) is 11.1. The topological polar surface area (TPSA) is 134 Å². The summed E-state index contributed by atoms with van der Waals surface area (Å²) < 4.78 is 10.9. The molecule has 4 saturated carbocycles. The minimum atomic E-state index is -0.879.